The van der Waals surface area contributed by atoms with Crippen LogP contribution in [0.2, 0.25) is 0 Å². The Bertz CT molecular complexity index is 1700. The summed E-state index contributed by atoms with van der Waals surface area (Å²) in [5.74, 6) is 3.16. The molecule has 0 unspecified atom stereocenters. The maximum absolute atomic E-state index is 6.25. The second-order valence-corrected chi connectivity index (χ2v) is 10.6. The average molecular weight is 597 g/mol. The molecule has 0 spiro atoms. The third-order valence-electron chi connectivity index (χ3n) is 7.37. The van der Waals surface area contributed by atoms with Crippen molar-refractivity contribution in [3.8, 4) is 5.75 Å². The molecule has 3 N–H and O–H groups in total. The van der Waals surface area contributed by atoms with Crippen molar-refractivity contribution in [2.45, 2.75) is 19.1 Å². The molecule has 40 heavy (non-hydrogen) atoms. The molecule has 0 saturated carbocycles. The Hall–Kier alpha value is -4.50. The highest BCUT2D eigenvalue weighted by molar-refractivity contribution is 9.10. The van der Waals surface area contributed by atoms with Crippen LogP contribution in [0, 0.1) is 5.92 Å². The predicted molar refractivity (Wildman–Crippen MR) is 159 cm³/mol. The molecule has 5 aromatic rings. The Morgan fingerprint density at radius 3 is 2.55 bits per heavy atom. The molecule has 0 amide bonds. The zero-order chi connectivity index (χ0) is 27.2. The van der Waals surface area contributed by atoms with E-state index < -0.39 is 0 Å². The summed E-state index contributed by atoms with van der Waals surface area (Å²) in [6, 6.07) is 30.1. The first kappa shape index (κ1) is 24.5. The van der Waals surface area contributed by atoms with E-state index in [-0.39, 0.29) is 18.1 Å². The van der Waals surface area contributed by atoms with Crippen molar-refractivity contribution >= 4 is 50.0 Å². The molecular weight excluding hydrogens is 568 g/mol. The van der Waals surface area contributed by atoms with Gasteiger partial charge in [0.15, 0.2) is 28.2 Å². The lowest BCUT2D eigenvalue weighted by Crippen LogP contribution is -2.59. The summed E-state index contributed by atoms with van der Waals surface area (Å²) in [5, 5.41) is 9.52. The number of para-hydroxylation sites is 3. The first-order valence-electron chi connectivity index (χ1n) is 13.3. The molecule has 2 aliphatic heterocycles. The molecule has 0 bridgehead atoms. The maximum atomic E-state index is 6.25. The fraction of sp³-hybridized carbons (Fsp3) is 0.161. The van der Waals surface area contributed by atoms with Gasteiger partial charge in [0.05, 0.1) is 12.3 Å². The number of nitrogens with one attached hydrogen (secondary N) is 3. The minimum Gasteiger partial charge on any atom is -0.494 e. The summed E-state index contributed by atoms with van der Waals surface area (Å²) in [7, 11) is 0. The largest absolute Gasteiger partial charge is 0.494 e. The zero-order valence-electron chi connectivity index (χ0n) is 21.8. The Kier molecular flexibility index (Phi) is 6.08. The summed E-state index contributed by atoms with van der Waals surface area (Å²) in [5.41, 5.74) is 8.24. The number of benzene rings is 3. The Morgan fingerprint density at radius 2 is 1.80 bits per heavy atom. The van der Waals surface area contributed by atoms with Gasteiger partial charge in [0, 0.05) is 11.4 Å². The number of hydrogen-bond acceptors (Lipinski definition) is 7. The van der Waals surface area contributed by atoms with Crippen LogP contribution in [0.15, 0.2) is 112 Å². The standard InChI is InChI=1S/C31H27BrN6O2/c1-3-39-22-15-13-20(14-16-22)33-29-31-35-30-27(19(2)36-38(30)21-9-5-4-6-10-21)28(25-17-18-26(32)40-25)37(31)24-12-8-7-11-23(24)34-29/h4-18,27-28,30,36H,2-3H2,1H3,(H,33,34)/p+1/t27-,28-,30-/m1/s1. The molecule has 1 saturated heterocycles. The Morgan fingerprint density at radius 1 is 1.02 bits per heavy atom. The highest BCUT2D eigenvalue weighted by Gasteiger charge is 2.54. The molecule has 9 heteroatoms. The van der Waals surface area contributed by atoms with Crippen LogP contribution in [-0.4, -0.2) is 17.8 Å². The minimum atomic E-state index is -0.199. The summed E-state index contributed by atoms with van der Waals surface area (Å²) >= 11 is 3.53. The van der Waals surface area contributed by atoms with Crippen molar-refractivity contribution in [3.05, 3.63) is 114 Å². The van der Waals surface area contributed by atoms with Crippen LogP contribution in [0.3, 0.4) is 0 Å². The highest BCUT2D eigenvalue weighted by Crippen LogP contribution is 2.44. The molecule has 3 atom stereocenters. The molecule has 3 aromatic carbocycles. The Balaban J connectivity index is 1.42. The van der Waals surface area contributed by atoms with Gasteiger partial charge in [0.1, 0.15) is 17.2 Å². The number of furan rings is 1. The molecule has 4 heterocycles. The van der Waals surface area contributed by atoms with E-state index in [0.717, 1.165) is 45.4 Å². The molecule has 2 aliphatic rings. The quantitative estimate of drug-likeness (QED) is 0.193. The first-order chi connectivity index (χ1) is 19.6. The molecule has 200 valence electrons. The van der Waals surface area contributed by atoms with Crippen LogP contribution in [0.25, 0.3) is 11.0 Å². The van der Waals surface area contributed by atoms with E-state index in [0.29, 0.717) is 17.1 Å². The molecule has 2 aromatic heterocycles. The van der Waals surface area contributed by atoms with Crippen LogP contribution >= 0.6 is 15.9 Å². The lowest BCUT2D eigenvalue weighted by atomic mass is 9.90. The van der Waals surface area contributed by atoms with Crippen LogP contribution in [0.1, 0.15) is 18.7 Å². The first-order valence-corrected chi connectivity index (χ1v) is 14.1. The fourth-order valence-electron chi connectivity index (χ4n) is 5.70. The number of halogens is 1. The molecular formula is C31H28BrN6O2+. The lowest BCUT2D eigenvalue weighted by molar-refractivity contribution is -0.687. The maximum Gasteiger partial charge on any atom is 0.321 e. The molecule has 0 radical (unpaired) electrons. The molecule has 8 nitrogen and oxygen atoms in total. The topological polar surface area (TPSA) is 78.5 Å². The van der Waals surface area contributed by atoms with E-state index in [4.69, 9.17) is 14.1 Å². The van der Waals surface area contributed by atoms with Crippen molar-refractivity contribution < 1.29 is 13.7 Å². The predicted octanol–water partition coefficient (Wildman–Crippen LogP) is 6.52. The van der Waals surface area contributed by atoms with Gasteiger partial charge in [-0.05, 0) is 83.5 Å². The van der Waals surface area contributed by atoms with Gasteiger partial charge in [-0.25, -0.2) is 19.9 Å². The molecule has 1 fully saturated rings. The SMILES string of the molecule is C=C1NN(c2ccccc2)[C@H]2Nc3c(Nc4ccc(OCC)cc4)nc4ccccc4[n+]3[C@H](c3ccc(Br)o3)[C@@H]12. The smallest absolute Gasteiger partial charge is 0.321 e. The monoisotopic (exact) mass is 595 g/mol. The summed E-state index contributed by atoms with van der Waals surface area (Å²) in [6.07, 6.45) is -0.160. The number of anilines is 4. The number of aromatic nitrogens is 2. The van der Waals surface area contributed by atoms with E-state index in [1.165, 1.54) is 0 Å². The lowest BCUT2D eigenvalue weighted by Gasteiger charge is -2.34. The molecule has 0 aliphatic carbocycles. The van der Waals surface area contributed by atoms with E-state index in [1.807, 2.05) is 79.7 Å². The highest BCUT2D eigenvalue weighted by atomic mass is 79.9. The van der Waals surface area contributed by atoms with Crippen LogP contribution in [0.4, 0.5) is 23.0 Å². The third-order valence-corrected chi connectivity index (χ3v) is 7.80. The van der Waals surface area contributed by atoms with Crippen molar-refractivity contribution in [2.75, 3.05) is 22.2 Å². The second-order valence-electron chi connectivity index (χ2n) is 9.79. The van der Waals surface area contributed by atoms with Crippen molar-refractivity contribution in [3.63, 3.8) is 0 Å². The summed E-state index contributed by atoms with van der Waals surface area (Å²) < 4.78 is 14.9. The number of nitrogens with zero attached hydrogens (tertiary/aromatic N) is 3. The van der Waals surface area contributed by atoms with Crippen LogP contribution < -0.4 is 30.4 Å². The van der Waals surface area contributed by atoms with Gasteiger partial charge in [-0.2, -0.15) is 0 Å². The summed E-state index contributed by atoms with van der Waals surface area (Å²) in [6.45, 7) is 7.06. The van der Waals surface area contributed by atoms with Gasteiger partial charge in [0.2, 0.25) is 5.82 Å². The van der Waals surface area contributed by atoms with Gasteiger partial charge >= 0.3 is 5.82 Å². The van der Waals surface area contributed by atoms with Gasteiger partial charge in [-0.1, -0.05) is 36.9 Å². The zero-order valence-corrected chi connectivity index (χ0v) is 23.4. The fourth-order valence-corrected chi connectivity index (χ4v) is 6.01. The number of fused-ring (bicyclic) bond motifs is 4. The van der Waals surface area contributed by atoms with Crippen LogP contribution in [-0.2, 0) is 0 Å². The summed E-state index contributed by atoms with van der Waals surface area (Å²) in [4.78, 5) is 5.08. The average Bonchev–Trinajstić information content (AvgIpc) is 3.56. The van der Waals surface area contributed by atoms with E-state index in [1.54, 1.807) is 0 Å². The van der Waals surface area contributed by atoms with Gasteiger partial charge in [-0.3, -0.25) is 5.43 Å². The third kappa shape index (κ3) is 4.14. The van der Waals surface area contributed by atoms with Gasteiger partial charge < -0.3 is 14.5 Å². The van der Waals surface area contributed by atoms with Gasteiger partial charge in [-0.15, -0.1) is 0 Å². The van der Waals surface area contributed by atoms with Crippen LogP contribution in [0.5, 0.6) is 5.75 Å². The number of hydrogen-bond donors (Lipinski definition) is 3. The number of hydrazine groups is 1. The van der Waals surface area contributed by atoms with Crippen molar-refractivity contribution in [1.29, 1.82) is 0 Å². The van der Waals surface area contributed by atoms with Gasteiger partial charge in [0.25, 0.3) is 0 Å². The van der Waals surface area contributed by atoms with Crippen molar-refractivity contribution in [1.82, 2.24) is 10.4 Å². The normalized spacial score (nSPS) is 19.5. The minimum absolute atomic E-state index is 0.0557. The van der Waals surface area contributed by atoms with E-state index in [9.17, 15) is 0 Å². The number of rotatable bonds is 6. The number of ether oxygens (including phenoxy) is 1. The second kappa shape index (κ2) is 9.91. The van der Waals surface area contributed by atoms with E-state index in [2.05, 4.69) is 66.3 Å². The molecule has 7 rings (SSSR count). The van der Waals surface area contributed by atoms with E-state index >= 15 is 0 Å². The van der Waals surface area contributed by atoms with Crippen molar-refractivity contribution in [2.24, 2.45) is 5.92 Å². The Labute approximate surface area is 240 Å².